The Hall–Kier alpha value is -2.23. The second kappa shape index (κ2) is 3.97. The first kappa shape index (κ1) is 9.96. The van der Waals surface area contributed by atoms with Crippen LogP contribution < -0.4 is 0 Å². The molecule has 17 heavy (non-hydrogen) atoms. The lowest BCUT2D eigenvalue weighted by molar-refractivity contribution is 0.614. The van der Waals surface area contributed by atoms with Crippen LogP contribution in [-0.2, 0) is 6.42 Å². The summed E-state index contributed by atoms with van der Waals surface area (Å²) in [5.74, 6) is -0.180. The van der Waals surface area contributed by atoms with E-state index >= 15 is 0 Å². The number of nitrogens with one attached hydrogen (secondary N) is 1. The number of H-pyrrole nitrogens is 1. The molecule has 1 aromatic carbocycles. The third-order valence-corrected chi connectivity index (χ3v) is 2.78. The SMILES string of the molecule is Fc1ccccc1Cc1ccnc2[nH]ncc12. The first-order valence-electron chi connectivity index (χ1n) is 5.35. The lowest BCUT2D eigenvalue weighted by atomic mass is 10.0. The van der Waals surface area contributed by atoms with E-state index in [4.69, 9.17) is 0 Å². The van der Waals surface area contributed by atoms with Crippen LogP contribution in [0, 0.1) is 5.82 Å². The molecule has 3 rings (SSSR count). The molecule has 0 aliphatic carbocycles. The number of rotatable bonds is 2. The molecule has 0 amide bonds. The van der Waals surface area contributed by atoms with Gasteiger partial charge in [0.15, 0.2) is 5.65 Å². The Kier molecular flexibility index (Phi) is 2.33. The van der Waals surface area contributed by atoms with Crippen molar-refractivity contribution < 1.29 is 4.39 Å². The quantitative estimate of drug-likeness (QED) is 0.731. The summed E-state index contributed by atoms with van der Waals surface area (Å²) in [6.45, 7) is 0. The van der Waals surface area contributed by atoms with Gasteiger partial charge in [-0.2, -0.15) is 5.10 Å². The van der Waals surface area contributed by atoms with Gasteiger partial charge in [-0.3, -0.25) is 5.10 Å². The highest BCUT2D eigenvalue weighted by Gasteiger charge is 2.07. The van der Waals surface area contributed by atoms with Crippen LogP contribution in [0.1, 0.15) is 11.1 Å². The van der Waals surface area contributed by atoms with Crippen molar-refractivity contribution in [1.82, 2.24) is 15.2 Å². The summed E-state index contributed by atoms with van der Waals surface area (Å²) in [4.78, 5) is 4.15. The zero-order chi connectivity index (χ0) is 11.7. The van der Waals surface area contributed by atoms with Crippen LogP contribution in [-0.4, -0.2) is 15.2 Å². The monoisotopic (exact) mass is 227 g/mol. The van der Waals surface area contributed by atoms with Crippen LogP contribution in [0.3, 0.4) is 0 Å². The van der Waals surface area contributed by atoms with E-state index in [0.717, 1.165) is 16.6 Å². The summed E-state index contributed by atoms with van der Waals surface area (Å²) in [5.41, 5.74) is 2.44. The van der Waals surface area contributed by atoms with E-state index < -0.39 is 0 Å². The summed E-state index contributed by atoms with van der Waals surface area (Å²) in [7, 11) is 0. The maximum absolute atomic E-state index is 13.6. The zero-order valence-electron chi connectivity index (χ0n) is 9.02. The van der Waals surface area contributed by atoms with Gasteiger partial charge in [-0.05, 0) is 23.3 Å². The Morgan fingerprint density at radius 3 is 2.88 bits per heavy atom. The number of benzene rings is 1. The second-order valence-corrected chi connectivity index (χ2v) is 3.87. The summed E-state index contributed by atoms with van der Waals surface area (Å²) in [6.07, 6.45) is 3.97. The number of hydrogen-bond acceptors (Lipinski definition) is 2. The van der Waals surface area contributed by atoms with Crippen molar-refractivity contribution in [1.29, 1.82) is 0 Å². The minimum absolute atomic E-state index is 0.180. The van der Waals surface area contributed by atoms with Crippen molar-refractivity contribution in [3.63, 3.8) is 0 Å². The predicted octanol–water partition coefficient (Wildman–Crippen LogP) is 2.69. The average molecular weight is 227 g/mol. The number of fused-ring (bicyclic) bond motifs is 1. The molecule has 1 N–H and O–H groups in total. The molecular weight excluding hydrogens is 217 g/mol. The summed E-state index contributed by atoms with van der Waals surface area (Å²) in [6, 6.07) is 8.69. The van der Waals surface area contributed by atoms with Gasteiger partial charge < -0.3 is 0 Å². The third kappa shape index (κ3) is 1.78. The molecule has 2 aromatic heterocycles. The standard InChI is InChI=1S/C13H10FN3/c14-12-4-2-1-3-10(12)7-9-5-6-15-13-11(9)8-16-17-13/h1-6,8H,7H2,(H,15,16,17). The topological polar surface area (TPSA) is 41.6 Å². The Balaban J connectivity index is 2.06. The Bertz CT molecular complexity index is 660. The molecule has 0 fully saturated rings. The van der Waals surface area contributed by atoms with Crippen molar-refractivity contribution >= 4 is 11.0 Å². The molecule has 0 aliphatic rings. The fourth-order valence-electron chi connectivity index (χ4n) is 1.91. The Morgan fingerprint density at radius 2 is 2.00 bits per heavy atom. The van der Waals surface area contributed by atoms with Gasteiger partial charge in [0, 0.05) is 18.0 Å². The second-order valence-electron chi connectivity index (χ2n) is 3.87. The van der Waals surface area contributed by atoms with E-state index in [0.29, 0.717) is 12.0 Å². The molecule has 0 aliphatic heterocycles. The van der Waals surface area contributed by atoms with E-state index in [1.807, 2.05) is 12.1 Å². The number of pyridine rings is 1. The number of nitrogens with zero attached hydrogens (tertiary/aromatic N) is 2. The molecule has 0 radical (unpaired) electrons. The van der Waals surface area contributed by atoms with Gasteiger partial charge in [-0.1, -0.05) is 18.2 Å². The maximum Gasteiger partial charge on any atom is 0.155 e. The van der Waals surface area contributed by atoms with Gasteiger partial charge in [0.1, 0.15) is 5.82 Å². The number of hydrogen-bond donors (Lipinski definition) is 1. The molecule has 0 bridgehead atoms. The van der Waals surface area contributed by atoms with E-state index in [1.54, 1.807) is 24.5 Å². The molecule has 0 atom stereocenters. The zero-order valence-corrected chi connectivity index (χ0v) is 9.02. The Labute approximate surface area is 97.3 Å². The highest BCUT2D eigenvalue weighted by molar-refractivity contribution is 5.78. The average Bonchev–Trinajstić information content (AvgIpc) is 2.81. The van der Waals surface area contributed by atoms with Gasteiger partial charge in [-0.15, -0.1) is 0 Å². The molecule has 3 aromatic rings. The molecule has 2 heterocycles. The molecule has 3 nitrogen and oxygen atoms in total. The molecule has 0 spiro atoms. The fourth-order valence-corrected chi connectivity index (χ4v) is 1.91. The van der Waals surface area contributed by atoms with E-state index in [9.17, 15) is 4.39 Å². The lowest BCUT2D eigenvalue weighted by Gasteiger charge is -2.04. The minimum atomic E-state index is -0.180. The van der Waals surface area contributed by atoms with Crippen LogP contribution in [0.15, 0.2) is 42.7 Å². The molecular formula is C13H10FN3. The third-order valence-electron chi connectivity index (χ3n) is 2.78. The fraction of sp³-hybridized carbons (Fsp3) is 0.0769. The van der Waals surface area contributed by atoms with Gasteiger partial charge in [0.2, 0.25) is 0 Å². The smallest absolute Gasteiger partial charge is 0.155 e. The van der Waals surface area contributed by atoms with Crippen LogP contribution in [0.2, 0.25) is 0 Å². The normalized spacial score (nSPS) is 10.9. The van der Waals surface area contributed by atoms with E-state index in [1.165, 1.54) is 6.07 Å². The summed E-state index contributed by atoms with van der Waals surface area (Å²) in [5, 5.41) is 7.69. The Morgan fingerprint density at radius 1 is 1.12 bits per heavy atom. The van der Waals surface area contributed by atoms with Crippen molar-refractivity contribution in [2.24, 2.45) is 0 Å². The molecule has 0 unspecified atom stereocenters. The lowest BCUT2D eigenvalue weighted by Crippen LogP contribution is -1.93. The van der Waals surface area contributed by atoms with Gasteiger partial charge in [-0.25, -0.2) is 9.37 Å². The van der Waals surface area contributed by atoms with Crippen molar-refractivity contribution in [2.75, 3.05) is 0 Å². The first-order valence-corrected chi connectivity index (χ1v) is 5.35. The van der Waals surface area contributed by atoms with Crippen molar-refractivity contribution in [3.05, 3.63) is 59.7 Å². The highest BCUT2D eigenvalue weighted by atomic mass is 19.1. The van der Waals surface area contributed by atoms with Crippen molar-refractivity contribution in [2.45, 2.75) is 6.42 Å². The van der Waals surface area contributed by atoms with Crippen LogP contribution >= 0.6 is 0 Å². The van der Waals surface area contributed by atoms with Crippen LogP contribution in [0.25, 0.3) is 11.0 Å². The van der Waals surface area contributed by atoms with E-state index in [-0.39, 0.29) is 5.82 Å². The molecule has 84 valence electrons. The minimum Gasteiger partial charge on any atom is -0.261 e. The summed E-state index contributed by atoms with van der Waals surface area (Å²) < 4.78 is 13.6. The molecule has 4 heteroatoms. The highest BCUT2D eigenvalue weighted by Crippen LogP contribution is 2.19. The van der Waals surface area contributed by atoms with Crippen LogP contribution in [0.4, 0.5) is 4.39 Å². The van der Waals surface area contributed by atoms with Gasteiger partial charge in [0.05, 0.1) is 6.20 Å². The van der Waals surface area contributed by atoms with E-state index in [2.05, 4.69) is 15.2 Å². The number of halogens is 1. The summed E-state index contributed by atoms with van der Waals surface area (Å²) >= 11 is 0. The predicted molar refractivity (Wildman–Crippen MR) is 63.1 cm³/mol. The van der Waals surface area contributed by atoms with Gasteiger partial charge >= 0.3 is 0 Å². The number of aromatic amines is 1. The van der Waals surface area contributed by atoms with Gasteiger partial charge in [0.25, 0.3) is 0 Å². The maximum atomic E-state index is 13.6. The first-order chi connectivity index (χ1) is 8.34. The molecule has 0 saturated heterocycles. The largest absolute Gasteiger partial charge is 0.261 e. The van der Waals surface area contributed by atoms with Crippen molar-refractivity contribution in [3.8, 4) is 0 Å². The van der Waals surface area contributed by atoms with Crippen LogP contribution in [0.5, 0.6) is 0 Å². The molecule has 0 saturated carbocycles. The number of aromatic nitrogens is 3.